The number of aliphatic carboxylic acids is 1. The van der Waals surface area contributed by atoms with Crippen molar-refractivity contribution in [2.24, 2.45) is 10.8 Å². The van der Waals surface area contributed by atoms with Crippen LogP contribution in [-0.4, -0.2) is 77.9 Å². The molecule has 28 heavy (non-hydrogen) atoms. The van der Waals surface area contributed by atoms with Crippen molar-refractivity contribution < 1.29 is 50.8 Å². The van der Waals surface area contributed by atoms with Crippen LogP contribution in [0.25, 0.3) is 5.76 Å². The molecule has 0 aliphatic heterocycles. The van der Waals surface area contributed by atoms with Crippen molar-refractivity contribution in [1.82, 2.24) is 0 Å². The van der Waals surface area contributed by atoms with Crippen molar-refractivity contribution in [3.63, 3.8) is 0 Å². The maximum absolute atomic E-state index is 10.3. The van der Waals surface area contributed by atoms with Crippen LogP contribution in [0.5, 0.6) is 11.5 Å². The van der Waals surface area contributed by atoms with Gasteiger partial charge in [-0.05, 0) is 17.5 Å². The molecule has 0 heterocycles. The number of carboxylic acids is 1. The van der Waals surface area contributed by atoms with Crippen molar-refractivity contribution in [3.05, 3.63) is 29.5 Å². The van der Waals surface area contributed by atoms with E-state index in [0.717, 1.165) is 12.1 Å². The molecular formula is C18H28O10. The lowest BCUT2D eigenvalue weighted by molar-refractivity contribution is -0.135. The maximum Gasteiger partial charge on any atom is 0.374 e. The molecule has 9 N–H and O–H groups in total. The highest BCUT2D eigenvalue weighted by atomic mass is 16.4. The SMILES string of the molecule is CC(C)(C)C(O)C(CO)(CO)CO.O=C(O)C(O)=C(O)c1cccc(O)c1O. The summed E-state index contributed by atoms with van der Waals surface area (Å²) in [6.07, 6.45) is -0.944. The molecule has 0 fully saturated rings. The smallest absolute Gasteiger partial charge is 0.374 e. The average molecular weight is 404 g/mol. The van der Waals surface area contributed by atoms with Gasteiger partial charge in [0, 0.05) is 0 Å². The minimum atomic E-state index is -1.74. The number of phenols is 2. The molecule has 0 saturated heterocycles. The van der Waals surface area contributed by atoms with Crippen LogP contribution < -0.4 is 0 Å². The molecule has 0 bridgehead atoms. The Hall–Kier alpha value is -2.53. The number of phenolic OH excluding ortho intramolecular Hbond substituents is 2. The molecule has 0 spiro atoms. The van der Waals surface area contributed by atoms with Gasteiger partial charge in [-0.15, -0.1) is 0 Å². The number of para-hydroxylation sites is 1. The van der Waals surface area contributed by atoms with Gasteiger partial charge in [0.25, 0.3) is 0 Å². The summed E-state index contributed by atoms with van der Waals surface area (Å²) in [6, 6.07) is 3.56. The number of hydrogen-bond acceptors (Lipinski definition) is 9. The van der Waals surface area contributed by atoms with E-state index < -0.39 is 65.7 Å². The lowest BCUT2D eigenvalue weighted by Gasteiger charge is -2.40. The van der Waals surface area contributed by atoms with Crippen LogP contribution in [0.3, 0.4) is 0 Å². The lowest BCUT2D eigenvalue weighted by Crippen LogP contribution is -2.51. The molecule has 0 amide bonds. The highest BCUT2D eigenvalue weighted by Crippen LogP contribution is 2.34. The van der Waals surface area contributed by atoms with Crippen molar-refractivity contribution in [2.75, 3.05) is 19.8 Å². The van der Waals surface area contributed by atoms with Gasteiger partial charge in [-0.2, -0.15) is 0 Å². The molecule has 1 rings (SSSR count). The minimum Gasteiger partial charge on any atom is -0.504 e. The standard InChI is InChI=1S/C9H8O6.C9H20O4/c10-5-3-1-2-4(6(5)11)7(12)8(13)9(14)15;1-8(2,3)7(13)9(4-10,5-11)6-12/h1-3,10-13H,(H,14,15);7,10-13H,4-6H2,1-3H3. The Labute approximate surface area is 161 Å². The molecule has 0 aliphatic rings. The van der Waals surface area contributed by atoms with Crippen LogP contribution in [0, 0.1) is 10.8 Å². The first-order valence-electron chi connectivity index (χ1n) is 8.16. The number of carboxylic acid groups (broad SMARTS) is 1. The second kappa shape index (κ2) is 10.1. The monoisotopic (exact) mass is 404 g/mol. The summed E-state index contributed by atoms with van der Waals surface area (Å²) < 4.78 is 0. The van der Waals surface area contributed by atoms with Gasteiger partial charge in [0.15, 0.2) is 17.3 Å². The van der Waals surface area contributed by atoms with Crippen LogP contribution in [0.2, 0.25) is 0 Å². The summed E-state index contributed by atoms with van der Waals surface area (Å²) in [6.45, 7) is 4.06. The maximum atomic E-state index is 10.3. The number of aliphatic hydroxyl groups is 6. The Morgan fingerprint density at radius 2 is 1.43 bits per heavy atom. The number of aromatic hydroxyl groups is 2. The normalized spacial score (nSPS) is 13.8. The van der Waals surface area contributed by atoms with E-state index in [-0.39, 0.29) is 5.56 Å². The van der Waals surface area contributed by atoms with Gasteiger partial charge >= 0.3 is 5.97 Å². The van der Waals surface area contributed by atoms with Crippen LogP contribution in [0.15, 0.2) is 24.0 Å². The van der Waals surface area contributed by atoms with E-state index in [1.165, 1.54) is 6.07 Å². The van der Waals surface area contributed by atoms with E-state index in [0.29, 0.717) is 0 Å². The Balaban J connectivity index is 0.000000528. The van der Waals surface area contributed by atoms with Gasteiger partial charge in [-0.3, -0.25) is 0 Å². The summed E-state index contributed by atoms with van der Waals surface area (Å²) >= 11 is 0. The third kappa shape index (κ3) is 5.99. The van der Waals surface area contributed by atoms with Crippen LogP contribution in [-0.2, 0) is 4.79 Å². The lowest BCUT2D eigenvalue weighted by atomic mass is 9.72. The molecule has 1 aromatic carbocycles. The van der Waals surface area contributed by atoms with Gasteiger partial charge in [0.2, 0.25) is 5.76 Å². The van der Waals surface area contributed by atoms with Crippen molar-refractivity contribution in [1.29, 1.82) is 0 Å². The highest BCUT2D eigenvalue weighted by Gasteiger charge is 2.42. The first-order valence-corrected chi connectivity index (χ1v) is 8.16. The van der Waals surface area contributed by atoms with Gasteiger partial charge in [0.05, 0.1) is 36.9 Å². The first kappa shape index (κ1) is 25.5. The quantitative estimate of drug-likeness (QED) is 0.181. The van der Waals surface area contributed by atoms with Crippen molar-refractivity contribution in [3.8, 4) is 11.5 Å². The van der Waals surface area contributed by atoms with Crippen LogP contribution in [0.1, 0.15) is 26.3 Å². The largest absolute Gasteiger partial charge is 0.504 e. The van der Waals surface area contributed by atoms with Crippen molar-refractivity contribution in [2.45, 2.75) is 26.9 Å². The predicted molar refractivity (Wildman–Crippen MR) is 98.7 cm³/mol. The number of aliphatic hydroxyl groups excluding tert-OH is 6. The minimum absolute atomic E-state index is 0.366. The Morgan fingerprint density at radius 3 is 1.75 bits per heavy atom. The summed E-state index contributed by atoms with van der Waals surface area (Å²) in [5, 5.41) is 81.7. The fourth-order valence-electron chi connectivity index (χ4n) is 2.28. The first-order chi connectivity index (χ1) is 12.8. The molecule has 1 unspecified atom stereocenters. The van der Waals surface area contributed by atoms with E-state index in [2.05, 4.69) is 0 Å². The number of rotatable bonds is 6. The van der Waals surface area contributed by atoms with E-state index in [4.69, 9.17) is 30.6 Å². The van der Waals surface area contributed by atoms with Crippen LogP contribution in [0.4, 0.5) is 0 Å². The Morgan fingerprint density at radius 1 is 0.964 bits per heavy atom. The predicted octanol–water partition coefficient (Wildman–Crippen LogP) is 0.324. The highest BCUT2D eigenvalue weighted by molar-refractivity contribution is 5.92. The third-order valence-electron chi connectivity index (χ3n) is 4.04. The molecule has 1 aromatic rings. The van der Waals surface area contributed by atoms with Gasteiger partial charge < -0.3 is 46.0 Å². The van der Waals surface area contributed by atoms with E-state index in [1.54, 1.807) is 20.8 Å². The second-order valence-electron chi connectivity index (χ2n) is 7.28. The molecular weight excluding hydrogens is 376 g/mol. The van der Waals surface area contributed by atoms with Crippen molar-refractivity contribution >= 4 is 11.7 Å². The molecule has 0 saturated carbocycles. The number of hydrogen-bond donors (Lipinski definition) is 9. The summed E-state index contributed by atoms with van der Waals surface area (Å²) in [7, 11) is 0. The van der Waals surface area contributed by atoms with E-state index in [9.17, 15) is 20.1 Å². The van der Waals surface area contributed by atoms with Gasteiger partial charge in [-0.25, -0.2) is 4.79 Å². The molecule has 0 aliphatic carbocycles. The Kier molecular flexibility index (Phi) is 9.22. The zero-order chi connectivity index (χ0) is 22.3. The topological polar surface area (TPSA) is 199 Å². The zero-order valence-electron chi connectivity index (χ0n) is 15.9. The molecule has 1 atom stereocenters. The van der Waals surface area contributed by atoms with Gasteiger partial charge in [-0.1, -0.05) is 26.8 Å². The van der Waals surface area contributed by atoms with E-state index >= 15 is 0 Å². The Bertz CT molecular complexity index is 678. The van der Waals surface area contributed by atoms with E-state index in [1.807, 2.05) is 0 Å². The molecule has 160 valence electrons. The van der Waals surface area contributed by atoms with Gasteiger partial charge in [0.1, 0.15) is 0 Å². The summed E-state index contributed by atoms with van der Waals surface area (Å²) in [5.74, 6) is -5.30. The third-order valence-corrected chi connectivity index (χ3v) is 4.04. The summed E-state index contributed by atoms with van der Waals surface area (Å²) in [4.78, 5) is 10.3. The molecule has 10 heteroatoms. The fourth-order valence-corrected chi connectivity index (χ4v) is 2.28. The fraction of sp³-hybridized carbons (Fsp3) is 0.500. The molecule has 0 radical (unpaired) electrons. The molecule has 0 aromatic heterocycles. The number of benzene rings is 1. The second-order valence-corrected chi connectivity index (χ2v) is 7.28. The van der Waals surface area contributed by atoms with Crippen LogP contribution >= 0.6 is 0 Å². The number of carbonyl (C=O) groups is 1. The summed E-state index contributed by atoms with van der Waals surface area (Å²) in [5.41, 5.74) is -2.05. The average Bonchev–Trinajstić information content (AvgIpc) is 2.64. The zero-order valence-corrected chi connectivity index (χ0v) is 15.9. The molecule has 10 nitrogen and oxygen atoms in total.